The van der Waals surface area contributed by atoms with Crippen molar-refractivity contribution in [3.8, 4) is 5.75 Å². The van der Waals surface area contributed by atoms with E-state index in [0.717, 1.165) is 6.26 Å². The quantitative estimate of drug-likeness (QED) is 0.838. The van der Waals surface area contributed by atoms with Crippen LogP contribution in [0.15, 0.2) is 18.2 Å². The molecule has 138 valence electrons. The molecule has 1 atom stereocenters. The van der Waals surface area contributed by atoms with Gasteiger partial charge in [-0.05, 0) is 57.0 Å². The van der Waals surface area contributed by atoms with E-state index in [-0.39, 0.29) is 12.8 Å². The number of carbonyl (C=O) groups is 1. The van der Waals surface area contributed by atoms with Crippen molar-refractivity contribution < 1.29 is 22.3 Å². The minimum absolute atomic E-state index is 0.233. The highest BCUT2D eigenvalue weighted by Crippen LogP contribution is 2.34. The summed E-state index contributed by atoms with van der Waals surface area (Å²) >= 11 is 0. The molecule has 0 radical (unpaired) electrons. The largest absolute Gasteiger partial charge is 0.493 e. The standard InChI is InChI=1S/C17H23FN2O4S/c1-25(22,23)17(6-8-19-9-7-17)16(21)20-14-3-2-10-24-15-5-4-12(18)11-13(14)15/h4-5,11,14,19H,2-3,6-10H2,1H3,(H,20,21). The molecule has 8 heteroatoms. The van der Waals surface area contributed by atoms with E-state index in [1.165, 1.54) is 12.1 Å². The Morgan fingerprint density at radius 1 is 1.36 bits per heavy atom. The summed E-state index contributed by atoms with van der Waals surface area (Å²) < 4.78 is 42.6. The molecule has 6 nitrogen and oxygen atoms in total. The van der Waals surface area contributed by atoms with Gasteiger partial charge in [0.05, 0.1) is 12.6 Å². The van der Waals surface area contributed by atoms with Gasteiger partial charge in [-0.1, -0.05) is 0 Å². The summed E-state index contributed by atoms with van der Waals surface area (Å²) in [6, 6.07) is 3.75. The molecule has 2 N–H and O–H groups in total. The van der Waals surface area contributed by atoms with E-state index in [2.05, 4.69) is 10.6 Å². The van der Waals surface area contributed by atoms with Crippen molar-refractivity contribution in [1.82, 2.24) is 10.6 Å². The maximum Gasteiger partial charge on any atom is 0.242 e. The van der Waals surface area contributed by atoms with Crippen LogP contribution in [0.3, 0.4) is 0 Å². The average molecular weight is 370 g/mol. The molecule has 1 amide bonds. The fourth-order valence-electron chi connectivity index (χ4n) is 3.58. The van der Waals surface area contributed by atoms with Crippen molar-refractivity contribution in [3.63, 3.8) is 0 Å². The Bertz CT molecular complexity index is 760. The second-order valence-corrected chi connectivity index (χ2v) is 9.04. The van der Waals surface area contributed by atoms with Gasteiger partial charge < -0.3 is 15.4 Å². The number of hydrogen-bond donors (Lipinski definition) is 2. The number of piperidine rings is 1. The van der Waals surface area contributed by atoms with E-state index in [9.17, 15) is 17.6 Å². The minimum Gasteiger partial charge on any atom is -0.493 e. The Morgan fingerprint density at radius 2 is 2.08 bits per heavy atom. The molecule has 1 fully saturated rings. The molecule has 1 aromatic carbocycles. The van der Waals surface area contributed by atoms with Crippen LogP contribution in [0.25, 0.3) is 0 Å². The van der Waals surface area contributed by atoms with Crippen LogP contribution in [0, 0.1) is 5.82 Å². The monoisotopic (exact) mass is 370 g/mol. The first-order chi connectivity index (χ1) is 11.8. The molecule has 1 saturated heterocycles. The zero-order valence-electron chi connectivity index (χ0n) is 14.2. The molecule has 1 unspecified atom stereocenters. The van der Waals surface area contributed by atoms with Gasteiger partial charge in [-0.25, -0.2) is 12.8 Å². The van der Waals surface area contributed by atoms with Gasteiger partial charge in [0.1, 0.15) is 11.6 Å². The summed E-state index contributed by atoms with van der Waals surface area (Å²) in [4.78, 5) is 13.0. The van der Waals surface area contributed by atoms with Crippen molar-refractivity contribution in [2.45, 2.75) is 36.5 Å². The predicted octanol–water partition coefficient (Wildman–Crippen LogP) is 1.32. The first-order valence-corrected chi connectivity index (χ1v) is 10.4. The number of nitrogens with one attached hydrogen (secondary N) is 2. The van der Waals surface area contributed by atoms with Crippen molar-refractivity contribution >= 4 is 15.7 Å². The van der Waals surface area contributed by atoms with Crippen molar-refractivity contribution in [2.24, 2.45) is 0 Å². The number of halogens is 1. The van der Waals surface area contributed by atoms with Crippen molar-refractivity contribution in [3.05, 3.63) is 29.6 Å². The molecule has 3 rings (SSSR count). The first-order valence-electron chi connectivity index (χ1n) is 8.47. The smallest absolute Gasteiger partial charge is 0.242 e. The van der Waals surface area contributed by atoms with Crippen LogP contribution in [0.4, 0.5) is 4.39 Å². The molecule has 2 aliphatic rings. The van der Waals surface area contributed by atoms with E-state index in [0.29, 0.717) is 43.9 Å². The molecule has 25 heavy (non-hydrogen) atoms. The van der Waals surface area contributed by atoms with Gasteiger partial charge in [0.15, 0.2) is 14.6 Å². The second kappa shape index (κ2) is 6.92. The molecular weight excluding hydrogens is 347 g/mol. The number of ether oxygens (including phenoxy) is 1. The Labute approximate surface area is 147 Å². The van der Waals surface area contributed by atoms with Gasteiger partial charge in [-0.15, -0.1) is 0 Å². The van der Waals surface area contributed by atoms with Crippen molar-refractivity contribution in [1.29, 1.82) is 0 Å². The van der Waals surface area contributed by atoms with Gasteiger partial charge in [0.25, 0.3) is 0 Å². The van der Waals surface area contributed by atoms with Gasteiger partial charge in [-0.3, -0.25) is 4.79 Å². The van der Waals surface area contributed by atoms with Gasteiger partial charge in [-0.2, -0.15) is 0 Å². The summed E-state index contributed by atoms with van der Waals surface area (Å²) in [5.74, 6) is -0.385. The van der Waals surface area contributed by atoms with Crippen LogP contribution in [-0.4, -0.2) is 45.0 Å². The highest BCUT2D eigenvalue weighted by molar-refractivity contribution is 7.92. The summed E-state index contributed by atoms with van der Waals surface area (Å²) in [6.45, 7) is 1.42. The highest BCUT2D eigenvalue weighted by atomic mass is 32.2. The maximum atomic E-state index is 13.7. The highest BCUT2D eigenvalue weighted by Gasteiger charge is 2.49. The topological polar surface area (TPSA) is 84.5 Å². The van der Waals surface area contributed by atoms with Crippen LogP contribution >= 0.6 is 0 Å². The summed E-state index contributed by atoms with van der Waals surface area (Å²) in [6.07, 6.45) is 2.84. The Kier molecular flexibility index (Phi) is 5.02. The molecule has 0 spiro atoms. The Balaban J connectivity index is 1.91. The normalized spacial score (nSPS) is 23.0. The van der Waals surface area contributed by atoms with Crippen LogP contribution in [0.2, 0.25) is 0 Å². The molecular formula is C17H23FN2O4S. The molecule has 0 aromatic heterocycles. The number of amides is 1. The van der Waals surface area contributed by atoms with Crippen molar-refractivity contribution in [2.75, 3.05) is 26.0 Å². The summed E-state index contributed by atoms with van der Waals surface area (Å²) in [7, 11) is -3.59. The van der Waals surface area contributed by atoms with E-state index < -0.39 is 32.4 Å². The number of benzene rings is 1. The maximum absolute atomic E-state index is 13.7. The minimum atomic E-state index is -3.59. The molecule has 1 aromatic rings. The van der Waals surface area contributed by atoms with E-state index >= 15 is 0 Å². The molecule has 2 heterocycles. The lowest BCUT2D eigenvalue weighted by Crippen LogP contribution is -2.57. The summed E-state index contributed by atoms with van der Waals surface area (Å²) in [5.41, 5.74) is 0.559. The third-order valence-electron chi connectivity index (χ3n) is 5.08. The van der Waals surface area contributed by atoms with E-state index in [1.807, 2.05) is 0 Å². The fourth-order valence-corrected chi connectivity index (χ4v) is 4.93. The van der Waals surface area contributed by atoms with E-state index in [4.69, 9.17) is 4.74 Å². The second-order valence-electron chi connectivity index (χ2n) is 6.72. The van der Waals surface area contributed by atoms with Crippen LogP contribution in [0.5, 0.6) is 5.75 Å². The van der Waals surface area contributed by atoms with Gasteiger partial charge >= 0.3 is 0 Å². The first kappa shape index (κ1) is 18.1. The SMILES string of the molecule is CS(=O)(=O)C1(C(=O)NC2CCCOc3ccc(F)cc32)CCNCC1. The third-order valence-corrected chi connectivity index (χ3v) is 7.10. The number of fused-ring (bicyclic) bond motifs is 1. The van der Waals surface area contributed by atoms with Crippen LogP contribution in [-0.2, 0) is 14.6 Å². The third kappa shape index (κ3) is 3.50. The number of rotatable bonds is 3. The molecule has 2 aliphatic heterocycles. The van der Waals surface area contributed by atoms with E-state index in [1.54, 1.807) is 6.07 Å². The van der Waals surface area contributed by atoms with Crippen LogP contribution in [0.1, 0.15) is 37.3 Å². The van der Waals surface area contributed by atoms with Gasteiger partial charge in [0, 0.05) is 11.8 Å². The molecule has 0 saturated carbocycles. The lowest BCUT2D eigenvalue weighted by atomic mass is 9.94. The fraction of sp³-hybridized carbons (Fsp3) is 0.588. The Hall–Kier alpha value is -1.67. The molecule has 0 aliphatic carbocycles. The van der Waals surface area contributed by atoms with Crippen LogP contribution < -0.4 is 15.4 Å². The number of carbonyl (C=O) groups excluding carboxylic acids is 1. The lowest BCUT2D eigenvalue weighted by molar-refractivity contribution is -0.125. The lowest BCUT2D eigenvalue weighted by Gasteiger charge is -2.35. The zero-order chi connectivity index (χ0) is 18.1. The number of hydrogen-bond acceptors (Lipinski definition) is 5. The number of sulfone groups is 1. The summed E-state index contributed by atoms with van der Waals surface area (Å²) in [5, 5.41) is 5.96. The van der Waals surface area contributed by atoms with Gasteiger partial charge in [0.2, 0.25) is 5.91 Å². The average Bonchev–Trinajstić information content (AvgIpc) is 2.77. The Morgan fingerprint density at radius 3 is 2.76 bits per heavy atom. The molecule has 0 bridgehead atoms. The predicted molar refractivity (Wildman–Crippen MR) is 91.7 cm³/mol. The zero-order valence-corrected chi connectivity index (χ0v) is 15.0.